The summed E-state index contributed by atoms with van der Waals surface area (Å²) in [5.74, 6) is 1.17. The minimum absolute atomic E-state index is 0.232. The summed E-state index contributed by atoms with van der Waals surface area (Å²) < 4.78 is 10.5. The Kier molecular flexibility index (Phi) is 2.72. The number of esters is 1. The predicted molar refractivity (Wildman–Crippen MR) is 56.3 cm³/mol. The molecule has 0 amide bonds. The largest absolute Gasteiger partial charge is 0.485 e. The van der Waals surface area contributed by atoms with Crippen molar-refractivity contribution in [3.8, 4) is 5.75 Å². The lowest BCUT2D eigenvalue weighted by molar-refractivity contribution is -0.139. The standard InChI is InChI=1S/C12H12O3/c1-2-12(13)15-10-7-9-5-3-4-6-11(9)14-8-10/h3-7H,2,8H2,1H3. The van der Waals surface area contributed by atoms with Crippen molar-refractivity contribution in [2.45, 2.75) is 13.3 Å². The van der Waals surface area contributed by atoms with Crippen molar-refractivity contribution in [2.75, 3.05) is 6.61 Å². The highest BCUT2D eigenvalue weighted by molar-refractivity contribution is 5.72. The molecule has 1 aromatic carbocycles. The Balaban J connectivity index is 2.18. The minimum atomic E-state index is -0.232. The van der Waals surface area contributed by atoms with Crippen LogP contribution in [0.15, 0.2) is 30.0 Å². The molecule has 1 aliphatic heterocycles. The van der Waals surface area contributed by atoms with Gasteiger partial charge >= 0.3 is 5.97 Å². The third-order valence-corrected chi connectivity index (χ3v) is 2.14. The quantitative estimate of drug-likeness (QED) is 0.694. The first kappa shape index (κ1) is 9.77. The molecule has 3 nitrogen and oxygen atoms in total. The number of benzene rings is 1. The van der Waals surface area contributed by atoms with Crippen LogP contribution in [0.2, 0.25) is 0 Å². The van der Waals surface area contributed by atoms with Crippen LogP contribution < -0.4 is 4.74 Å². The maximum Gasteiger partial charge on any atom is 0.310 e. The zero-order valence-corrected chi connectivity index (χ0v) is 8.53. The van der Waals surface area contributed by atoms with Crippen LogP contribution in [0.5, 0.6) is 5.75 Å². The van der Waals surface area contributed by atoms with Gasteiger partial charge in [0.2, 0.25) is 0 Å². The van der Waals surface area contributed by atoms with E-state index in [9.17, 15) is 4.79 Å². The lowest BCUT2D eigenvalue weighted by Crippen LogP contribution is -2.12. The molecule has 0 unspecified atom stereocenters. The van der Waals surface area contributed by atoms with Gasteiger partial charge in [0.25, 0.3) is 0 Å². The van der Waals surface area contributed by atoms with Crippen molar-refractivity contribution >= 4 is 12.0 Å². The first-order valence-electron chi connectivity index (χ1n) is 4.92. The van der Waals surface area contributed by atoms with E-state index in [0.29, 0.717) is 18.8 Å². The minimum Gasteiger partial charge on any atom is -0.485 e. The van der Waals surface area contributed by atoms with E-state index in [2.05, 4.69) is 0 Å². The molecule has 0 atom stereocenters. The van der Waals surface area contributed by atoms with Gasteiger partial charge in [-0.3, -0.25) is 4.79 Å². The maximum absolute atomic E-state index is 11.1. The van der Waals surface area contributed by atoms with Crippen LogP contribution in [0, 0.1) is 0 Å². The summed E-state index contributed by atoms with van der Waals surface area (Å²) in [4.78, 5) is 11.1. The molecule has 1 aliphatic rings. The summed E-state index contributed by atoms with van der Waals surface area (Å²) in [7, 11) is 0. The number of rotatable bonds is 2. The molecule has 1 heterocycles. The van der Waals surface area contributed by atoms with Crippen molar-refractivity contribution in [3.63, 3.8) is 0 Å². The molecule has 0 saturated carbocycles. The Bertz CT molecular complexity index is 407. The Labute approximate surface area is 88.3 Å². The number of ether oxygens (including phenoxy) is 2. The molecule has 0 N–H and O–H groups in total. The molecular formula is C12H12O3. The van der Waals surface area contributed by atoms with Gasteiger partial charge in [0.05, 0.1) is 0 Å². The van der Waals surface area contributed by atoms with Crippen molar-refractivity contribution < 1.29 is 14.3 Å². The van der Waals surface area contributed by atoms with Gasteiger partial charge in [0.1, 0.15) is 18.1 Å². The first-order valence-corrected chi connectivity index (χ1v) is 4.92. The number of hydrogen-bond acceptors (Lipinski definition) is 3. The highest BCUT2D eigenvalue weighted by Crippen LogP contribution is 2.26. The monoisotopic (exact) mass is 204 g/mol. The van der Waals surface area contributed by atoms with Crippen molar-refractivity contribution in [2.24, 2.45) is 0 Å². The SMILES string of the molecule is CCC(=O)OC1=Cc2ccccc2OC1. The van der Waals surface area contributed by atoms with E-state index in [1.54, 1.807) is 6.92 Å². The van der Waals surface area contributed by atoms with Crippen LogP contribution in [0.1, 0.15) is 18.9 Å². The summed E-state index contributed by atoms with van der Waals surface area (Å²) in [5.41, 5.74) is 0.947. The van der Waals surface area contributed by atoms with Gasteiger partial charge in [-0.25, -0.2) is 0 Å². The average Bonchev–Trinajstić information content (AvgIpc) is 2.29. The fourth-order valence-electron chi connectivity index (χ4n) is 1.37. The zero-order valence-electron chi connectivity index (χ0n) is 8.53. The van der Waals surface area contributed by atoms with Gasteiger partial charge < -0.3 is 9.47 Å². The van der Waals surface area contributed by atoms with E-state index in [1.165, 1.54) is 0 Å². The summed E-state index contributed by atoms with van der Waals surface area (Å²) in [6.07, 6.45) is 2.21. The van der Waals surface area contributed by atoms with Crippen molar-refractivity contribution in [3.05, 3.63) is 35.6 Å². The smallest absolute Gasteiger partial charge is 0.310 e. The Morgan fingerprint density at radius 2 is 2.27 bits per heavy atom. The van der Waals surface area contributed by atoms with Gasteiger partial charge in [0, 0.05) is 12.0 Å². The molecule has 0 aromatic heterocycles. The summed E-state index contributed by atoms with van der Waals surface area (Å²) in [6.45, 7) is 2.09. The molecule has 78 valence electrons. The lowest BCUT2D eigenvalue weighted by Gasteiger charge is -2.17. The van der Waals surface area contributed by atoms with Gasteiger partial charge in [0.15, 0.2) is 0 Å². The summed E-state index contributed by atoms with van der Waals surface area (Å²) >= 11 is 0. The first-order chi connectivity index (χ1) is 7.29. The highest BCUT2D eigenvalue weighted by atomic mass is 16.6. The fourth-order valence-corrected chi connectivity index (χ4v) is 1.37. The Morgan fingerprint density at radius 1 is 1.47 bits per heavy atom. The topological polar surface area (TPSA) is 35.5 Å². The normalized spacial score (nSPS) is 13.5. The van der Waals surface area contributed by atoms with Crippen LogP contribution in [-0.2, 0) is 9.53 Å². The second-order valence-corrected chi connectivity index (χ2v) is 3.26. The number of fused-ring (bicyclic) bond motifs is 1. The Hall–Kier alpha value is -1.77. The molecule has 0 fully saturated rings. The zero-order chi connectivity index (χ0) is 10.7. The van der Waals surface area contributed by atoms with E-state index in [-0.39, 0.29) is 5.97 Å². The number of carbonyl (C=O) groups is 1. The highest BCUT2D eigenvalue weighted by Gasteiger charge is 2.13. The number of para-hydroxylation sites is 1. The van der Waals surface area contributed by atoms with Crippen LogP contribution in [0.3, 0.4) is 0 Å². The average molecular weight is 204 g/mol. The maximum atomic E-state index is 11.1. The molecule has 0 radical (unpaired) electrons. The van der Waals surface area contributed by atoms with E-state index in [0.717, 1.165) is 11.3 Å². The number of carbonyl (C=O) groups excluding carboxylic acids is 1. The van der Waals surface area contributed by atoms with Crippen molar-refractivity contribution in [1.29, 1.82) is 0 Å². The molecule has 15 heavy (non-hydrogen) atoms. The molecule has 0 spiro atoms. The van der Waals surface area contributed by atoms with E-state index < -0.39 is 0 Å². The van der Waals surface area contributed by atoms with Crippen LogP contribution >= 0.6 is 0 Å². The van der Waals surface area contributed by atoms with Gasteiger partial charge in [-0.05, 0) is 12.1 Å². The number of hydrogen-bond donors (Lipinski definition) is 0. The van der Waals surface area contributed by atoms with Crippen LogP contribution in [0.4, 0.5) is 0 Å². The molecule has 1 aromatic rings. The fraction of sp³-hybridized carbons (Fsp3) is 0.250. The predicted octanol–water partition coefficient (Wildman–Crippen LogP) is 2.37. The lowest BCUT2D eigenvalue weighted by atomic mass is 10.1. The second kappa shape index (κ2) is 4.17. The molecule has 2 rings (SSSR count). The van der Waals surface area contributed by atoms with E-state index >= 15 is 0 Å². The van der Waals surface area contributed by atoms with E-state index in [1.807, 2.05) is 30.3 Å². The van der Waals surface area contributed by atoms with Gasteiger partial charge in [-0.15, -0.1) is 0 Å². The van der Waals surface area contributed by atoms with Crippen molar-refractivity contribution in [1.82, 2.24) is 0 Å². The van der Waals surface area contributed by atoms with Gasteiger partial charge in [-0.2, -0.15) is 0 Å². The Morgan fingerprint density at radius 3 is 3.07 bits per heavy atom. The summed E-state index contributed by atoms with van der Waals surface area (Å²) in [5, 5.41) is 0. The van der Waals surface area contributed by atoms with Gasteiger partial charge in [-0.1, -0.05) is 25.1 Å². The molecular weight excluding hydrogens is 192 g/mol. The molecule has 0 aliphatic carbocycles. The summed E-state index contributed by atoms with van der Waals surface area (Å²) in [6, 6.07) is 7.65. The third kappa shape index (κ3) is 2.18. The second-order valence-electron chi connectivity index (χ2n) is 3.26. The third-order valence-electron chi connectivity index (χ3n) is 2.14. The molecule has 0 bridgehead atoms. The van der Waals surface area contributed by atoms with E-state index in [4.69, 9.17) is 9.47 Å². The molecule has 0 saturated heterocycles. The van der Waals surface area contributed by atoms with Crippen LogP contribution in [-0.4, -0.2) is 12.6 Å². The van der Waals surface area contributed by atoms with Crippen LogP contribution in [0.25, 0.3) is 6.08 Å². The molecule has 3 heteroatoms.